The van der Waals surface area contributed by atoms with Crippen molar-refractivity contribution in [1.29, 1.82) is 0 Å². The lowest BCUT2D eigenvalue weighted by Gasteiger charge is -2.32. The zero-order chi connectivity index (χ0) is 19.5. The van der Waals surface area contributed by atoms with Gasteiger partial charge in [0, 0.05) is 23.5 Å². The lowest BCUT2D eigenvalue weighted by atomic mass is 10.0. The Kier molecular flexibility index (Phi) is 9.32. The number of aliphatic hydroxyl groups excluding tert-OH is 1. The summed E-state index contributed by atoms with van der Waals surface area (Å²) in [6, 6.07) is 9.59. The van der Waals surface area contributed by atoms with Gasteiger partial charge in [0.05, 0.1) is 12.6 Å². The van der Waals surface area contributed by atoms with Crippen LogP contribution in [0.1, 0.15) is 25.7 Å². The number of amides is 1. The van der Waals surface area contributed by atoms with E-state index < -0.39 is 10.7 Å². The maximum absolute atomic E-state index is 12.2. The third-order valence-corrected chi connectivity index (χ3v) is 5.53. The molecule has 0 saturated carbocycles. The van der Waals surface area contributed by atoms with Gasteiger partial charge in [-0.2, -0.15) is 0 Å². The van der Waals surface area contributed by atoms with E-state index in [-0.39, 0.29) is 11.9 Å². The van der Waals surface area contributed by atoms with Crippen LogP contribution in [0.2, 0.25) is 0 Å². The van der Waals surface area contributed by atoms with Crippen LogP contribution < -0.4 is 0 Å². The van der Waals surface area contributed by atoms with Gasteiger partial charge in [0.15, 0.2) is 0 Å². The summed E-state index contributed by atoms with van der Waals surface area (Å²) in [6.07, 6.45) is 6.29. The standard InChI is InChI=1S/C20H23NO4S2/c22-18-11-7-8-16(21(18)14-5-2-6-15-26-20(24)25)12-13-19(23)27-17-9-3-1-4-10-17/h1,3-4,9-10,12-13,16,19,23H,6-8,11,14-15H2,(H,24,25)/b13-12+/t16-,19?/m1/s1. The minimum absolute atomic E-state index is 0.0651. The van der Waals surface area contributed by atoms with Crippen LogP contribution in [0.4, 0.5) is 4.79 Å². The number of nitrogens with zero attached hydrogens (tertiary/aromatic N) is 1. The SMILES string of the molecule is O=C(O)SCCC#CCN1C(=O)CCC[C@@H]1/C=C/C(O)Sc1ccccc1. The topological polar surface area (TPSA) is 77.8 Å². The van der Waals surface area contributed by atoms with E-state index in [2.05, 4.69) is 11.8 Å². The number of carbonyl (C=O) groups excluding carboxylic acids is 1. The normalized spacial score (nSPS) is 18.2. The minimum atomic E-state index is -0.903. The highest BCUT2D eigenvalue weighted by Crippen LogP contribution is 2.24. The number of benzene rings is 1. The molecule has 1 saturated heterocycles. The fourth-order valence-corrected chi connectivity index (χ4v) is 3.81. The van der Waals surface area contributed by atoms with Gasteiger partial charge in [0.2, 0.25) is 5.91 Å². The first-order valence-corrected chi connectivity index (χ1v) is 10.6. The van der Waals surface area contributed by atoms with E-state index in [0.717, 1.165) is 29.5 Å². The van der Waals surface area contributed by atoms with Crippen LogP contribution in [0, 0.1) is 11.8 Å². The highest BCUT2D eigenvalue weighted by molar-refractivity contribution is 8.13. The zero-order valence-corrected chi connectivity index (χ0v) is 16.5. The van der Waals surface area contributed by atoms with Gasteiger partial charge in [-0.1, -0.05) is 42.0 Å². The van der Waals surface area contributed by atoms with Crippen LogP contribution in [0.3, 0.4) is 0 Å². The number of aliphatic hydroxyl groups is 1. The number of piperidine rings is 1. The van der Waals surface area contributed by atoms with E-state index in [0.29, 0.717) is 25.1 Å². The molecule has 2 rings (SSSR count). The average Bonchev–Trinajstić information content (AvgIpc) is 2.65. The summed E-state index contributed by atoms with van der Waals surface area (Å²) in [5.41, 5.74) is -0.676. The Morgan fingerprint density at radius 3 is 2.85 bits per heavy atom. The molecule has 2 N–H and O–H groups in total. The molecule has 0 spiro atoms. The van der Waals surface area contributed by atoms with Crippen molar-refractivity contribution in [3.05, 3.63) is 42.5 Å². The van der Waals surface area contributed by atoms with Crippen molar-refractivity contribution in [1.82, 2.24) is 4.90 Å². The van der Waals surface area contributed by atoms with E-state index >= 15 is 0 Å². The van der Waals surface area contributed by atoms with Crippen molar-refractivity contribution >= 4 is 34.7 Å². The molecular weight excluding hydrogens is 382 g/mol. The molecule has 0 aliphatic carbocycles. The maximum atomic E-state index is 12.2. The molecule has 1 aromatic rings. The van der Waals surface area contributed by atoms with Gasteiger partial charge in [-0.3, -0.25) is 4.79 Å². The smallest absolute Gasteiger partial charge is 0.364 e. The fraction of sp³-hybridized carbons (Fsp3) is 0.400. The van der Waals surface area contributed by atoms with Crippen molar-refractivity contribution in [3.63, 3.8) is 0 Å². The molecule has 1 aliphatic rings. The first kappa shape index (κ1) is 21.4. The largest absolute Gasteiger partial charge is 0.473 e. The summed E-state index contributed by atoms with van der Waals surface area (Å²) in [4.78, 5) is 25.4. The Balaban J connectivity index is 1.87. The highest BCUT2D eigenvalue weighted by atomic mass is 32.2. The van der Waals surface area contributed by atoms with Gasteiger partial charge in [0.25, 0.3) is 0 Å². The van der Waals surface area contributed by atoms with Crippen molar-refractivity contribution in [3.8, 4) is 11.8 Å². The Labute approximate surface area is 168 Å². The fourth-order valence-electron chi connectivity index (χ4n) is 2.67. The summed E-state index contributed by atoms with van der Waals surface area (Å²) in [6.45, 7) is 0.327. The first-order valence-electron chi connectivity index (χ1n) is 8.75. The van der Waals surface area contributed by atoms with Gasteiger partial charge in [-0.25, -0.2) is 4.79 Å². The number of carbonyl (C=O) groups is 2. The van der Waals surface area contributed by atoms with Gasteiger partial charge in [0.1, 0.15) is 5.44 Å². The van der Waals surface area contributed by atoms with E-state index in [1.807, 2.05) is 36.4 Å². The molecule has 1 aromatic carbocycles. The summed E-state index contributed by atoms with van der Waals surface area (Å²) in [7, 11) is 0. The second-order valence-electron chi connectivity index (χ2n) is 5.91. The molecule has 0 radical (unpaired) electrons. The monoisotopic (exact) mass is 405 g/mol. The van der Waals surface area contributed by atoms with E-state index in [9.17, 15) is 14.7 Å². The Morgan fingerprint density at radius 2 is 2.11 bits per heavy atom. The van der Waals surface area contributed by atoms with Gasteiger partial charge < -0.3 is 15.1 Å². The Hall–Kier alpha value is -1.88. The predicted molar refractivity (Wildman–Crippen MR) is 110 cm³/mol. The maximum Gasteiger partial charge on any atom is 0.364 e. The highest BCUT2D eigenvalue weighted by Gasteiger charge is 2.25. The average molecular weight is 406 g/mol. The number of hydrogen-bond donors (Lipinski definition) is 2. The molecule has 2 atom stereocenters. The van der Waals surface area contributed by atoms with Crippen molar-refractivity contribution in [2.24, 2.45) is 0 Å². The van der Waals surface area contributed by atoms with Gasteiger partial charge in [-0.15, -0.1) is 5.92 Å². The molecule has 1 unspecified atom stereocenters. The number of rotatable bonds is 7. The van der Waals surface area contributed by atoms with Crippen molar-refractivity contribution < 1.29 is 19.8 Å². The summed E-state index contributed by atoms with van der Waals surface area (Å²) >= 11 is 2.17. The number of carboxylic acid groups (broad SMARTS) is 1. The van der Waals surface area contributed by atoms with Crippen LogP contribution in [0.15, 0.2) is 47.4 Å². The van der Waals surface area contributed by atoms with E-state index in [1.165, 1.54) is 11.8 Å². The van der Waals surface area contributed by atoms with Crippen LogP contribution >= 0.6 is 23.5 Å². The van der Waals surface area contributed by atoms with Crippen LogP contribution in [-0.2, 0) is 4.79 Å². The predicted octanol–water partition coefficient (Wildman–Crippen LogP) is 3.84. The third-order valence-electron chi connectivity index (χ3n) is 3.94. The van der Waals surface area contributed by atoms with Crippen LogP contribution in [0.5, 0.6) is 0 Å². The van der Waals surface area contributed by atoms with Crippen LogP contribution in [-0.4, -0.2) is 50.1 Å². The second-order valence-corrected chi connectivity index (χ2v) is 8.14. The van der Waals surface area contributed by atoms with Gasteiger partial charge in [-0.05, 0) is 42.8 Å². The lowest BCUT2D eigenvalue weighted by molar-refractivity contribution is -0.134. The molecule has 27 heavy (non-hydrogen) atoms. The molecular formula is C20H23NO4S2. The summed E-state index contributed by atoms with van der Waals surface area (Å²) in [5, 5.41) is 17.9. The lowest BCUT2D eigenvalue weighted by Crippen LogP contribution is -2.42. The van der Waals surface area contributed by atoms with Crippen molar-refractivity contribution in [2.75, 3.05) is 12.3 Å². The molecule has 0 bridgehead atoms. The second kappa shape index (κ2) is 11.8. The minimum Gasteiger partial charge on any atom is -0.473 e. The van der Waals surface area contributed by atoms with Crippen molar-refractivity contribution in [2.45, 2.75) is 42.1 Å². The van der Waals surface area contributed by atoms with E-state index in [4.69, 9.17) is 5.11 Å². The molecule has 1 fully saturated rings. The number of hydrogen-bond acceptors (Lipinski definition) is 5. The summed E-state index contributed by atoms with van der Waals surface area (Å²) < 4.78 is 0. The molecule has 0 aromatic heterocycles. The number of thioether (sulfide) groups is 2. The Bertz CT molecular complexity index is 712. The molecule has 5 nitrogen and oxygen atoms in total. The molecule has 1 heterocycles. The number of likely N-dealkylation sites (tertiary alicyclic amines) is 1. The summed E-state index contributed by atoms with van der Waals surface area (Å²) in [5.74, 6) is 6.38. The first-order chi connectivity index (χ1) is 13.1. The quantitative estimate of drug-likeness (QED) is 0.236. The molecule has 7 heteroatoms. The zero-order valence-electron chi connectivity index (χ0n) is 14.9. The van der Waals surface area contributed by atoms with Gasteiger partial charge >= 0.3 is 5.30 Å². The molecule has 1 amide bonds. The third kappa shape index (κ3) is 8.12. The molecule has 144 valence electrons. The molecule has 1 aliphatic heterocycles. The Morgan fingerprint density at radius 1 is 1.33 bits per heavy atom. The van der Waals surface area contributed by atoms with E-state index in [1.54, 1.807) is 11.0 Å². The van der Waals surface area contributed by atoms with Crippen LogP contribution in [0.25, 0.3) is 0 Å².